The average molecular weight is 283 g/mol. The van der Waals surface area contributed by atoms with Gasteiger partial charge in [0, 0.05) is 6.42 Å². The van der Waals surface area contributed by atoms with E-state index in [4.69, 9.17) is 0 Å². The Labute approximate surface area is 127 Å². The summed E-state index contributed by atoms with van der Waals surface area (Å²) in [4.78, 5) is 10.1. The van der Waals surface area contributed by atoms with E-state index in [2.05, 4.69) is 19.1 Å². The monoisotopic (exact) mass is 283 g/mol. The number of aldehydes is 1. The summed E-state index contributed by atoms with van der Waals surface area (Å²) >= 11 is 0. The van der Waals surface area contributed by atoms with E-state index in [9.17, 15) is 4.79 Å². The Bertz CT molecular complexity index is 202. The van der Waals surface area contributed by atoms with Gasteiger partial charge < -0.3 is 10.9 Å². The summed E-state index contributed by atoms with van der Waals surface area (Å²) in [7, 11) is 0. The van der Waals surface area contributed by atoms with Crippen molar-refractivity contribution in [2.24, 2.45) is 0 Å². The number of carbonyl (C=O) groups is 1. The maximum absolute atomic E-state index is 10.1. The van der Waals surface area contributed by atoms with Crippen LogP contribution in [0.3, 0.4) is 0 Å². The van der Waals surface area contributed by atoms with Crippen LogP contribution in [0.25, 0.3) is 0 Å². The van der Waals surface area contributed by atoms with E-state index in [1.165, 1.54) is 77.0 Å². The summed E-state index contributed by atoms with van der Waals surface area (Å²) < 4.78 is 0. The van der Waals surface area contributed by atoms with Crippen molar-refractivity contribution in [1.29, 1.82) is 0 Å². The van der Waals surface area contributed by atoms with Gasteiger partial charge in [-0.15, -0.1) is 0 Å². The molecular weight excluding hydrogens is 246 g/mol. The largest absolute Gasteiger partial charge is 0.344 e. The molecule has 0 spiro atoms. The predicted octanol–water partition coefficient (Wildman–Crippen LogP) is 6.38. The van der Waals surface area contributed by atoms with Gasteiger partial charge in [0.1, 0.15) is 6.29 Å². The van der Waals surface area contributed by atoms with Crippen LogP contribution < -0.4 is 6.15 Å². The van der Waals surface area contributed by atoms with Crippen molar-refractivity contribution in [1.82, 2.24) is 6.15 Å². The second-order valence-electron chi connectivity index (χ2n) is 5.54. The normalized spacial score (nSPS) is 10.7. The van der Waals surface area contributed by atoms with Crippen molar-refractivity contribution in [3.63, 3.8) is 0 Å². The minimum absolute atomic E-state index is 0. The molecule has 0 amide bonds. The van der Waals surface area contributed by atoms with Gasteiger partial charge in [0.15, 0.2) is 0 Å². The van der Waals surface area contributed by atoms with E-state index in [1.54, 1.807) is 0 Å². The molecule has 0 unspecified atom stereocenters. The zero-order valence-corrected chi connectivity index (χ0v) is 13.7. The summed E-state index contributed by atoms with van der Waals surface area (Å²) in [5.41, 5.74) is 0. The van der Waals surface area contributed by atoms with Gasteiger partial charge in [-0.2, -0.15) is 0 Å². The Morgan fingerprint density at radius 2 is 1.00 bits per heavy atom. The fraction of sp³-hybridized carbons (Fsp3) is 0.833. The van der Waals surface area contributed by atoms with Gasteiger partial charge in [0.05, 0.1) is 0 Å². The number of carbonyl (C=O) groups excluding carboxylic acids is 1. The first-order chi connectivity index (χ1) is 9.41. The third-order valence-corrected chi connectivity index (χ3v) is 3.58. The SMILES string of the molecule is CCCCCCCCC=CCCCCCCCC=O.N. The van der Waals surface area contributed by atoms with E-state index < -0.39 is 0 Å². The van der Waals surface area contributed by atoms with Crippen LogP contribution in [-0.4, -0.2) is 6.29 Å². The van der Waals surface area contributed by atoms with E-state index >= 15 is 0 Å². The lowest BCUT2D eigenvalue weighted by atomic mass is 10.1. The highest BCUT2D eigenvalue weighted by Gasteiger charge is 1.90. The van der Waals surface area contributed by atoms with Gasteiger partial charge in [-0.3, -0.25) is 0 Å². The zero-order chi connectivity index (χ0) is 14.0. The summed E-state index contributed by atoms with van der Waals surface area (Å²) in [6.07, 6.45) is 23.6. The molecule has 0 saturated heterocycles. The van der Waals surface area contributed by atoms with Crippen LogP contribution >= 0.6 is 0 Å². The lowest BCUT2D eigenvalue weighted by molar-refractivity contribution is -0.107. The summed E-state index contributed by atoms with van der Waals surface area (Å²) in [6, 6.07) is 0. The van der Waals surface area contributed by atoms with Crippen LogP contribution in [0, 0.1) is 0 Å². The van der Waals surface area contributed by atoms with Crippen LogP contribution in [0.4, 0.5) is 0 Å². The third-order valence-electron chi connectivity index (χ3n) is 3.58. The minimum Gasteiger partial charge on any atom is -0.344 e. The average Bonchev–Trinajstić information content (AvgIpc) is 2.43. The van der Waals surface area contributed by atoms with Crippen LogP contribution in [0.5, 0.6) is 0 Å². The molecule has 0 radical (unpaired) electrons. The second kappa shape index (κ2) is 20.7. The van der Waals surface area contributed by atoms with Gasteiger partial charge in [-0.25, -0.2) is 0 Å². The van der Waals surface area contributed by atoms with Crippen molar-refractivity contribution >= 4 is 6.29 Å². The molecule has 0 saturated carbocycles. The molecule has 20 heavy (non-hydrogen) atoms. The Balaban J connectivity index is 0. The first kappa shape index (κ1) is 21.7. The maximum Gasteiger partial charge on any atom is 0.119 e. The second-order valence-corrected chi connectivity index (χ2v) is 5.54. The highest BCUT2D eigenvalue weighted by Crippen LogP contribution is 2.09. The summed E-state index contributed by atoms with van der Waals surface area (Å²) in [6.45, 7) is 2.27. The standard InChI is InChI=1S/C18H34O.H3N/c1-2-3-4-5-6-7-8-9-10-11-12-13-14-15-16-17-18-19;/h9-10,18H,2-8,11-17H2,1H3;1H3. The minimum atomic E-state index is 0. The van der Waals surface area contributed by atoms with Crippen molar-refractivity contribution < 1.29 is 4.79 Å². The van der Waals surface area contributed by atoms with Crippen molar-refractivity contribution in [3.8, 4) is 0 Å². The van der Waals surface area contributed by atoms with Crippen LogP contribution in [0.2, 0.25) is 0 Å². The molecule has 0 atom stereocenters. The van der Waals surface area contributed by atoms with E-state index in [0.29, 0.717) is 0 Å². The maximum atomic E-state index is 10.1. The van der Waals surface area contributed by atoms with Crippen molar-refractivity contribution in [2.75, 3.05) is 0 Å². The van der Waals surface area contributed by atoms with Gasteiger partial charge >= 0.3 is 0 Å². The lowest BCUT2D eigenvalue weighted by Gasteiger charge is -1.98. The third kappa shape index (κ3) is 19.7. The molecule has 0 fully saturated rings. The molecule has 0 aliphatic rings. The number of hydrogen-bond donors (Lipinski definition) is 1. The highest BCUT2D eigenvalue weighted by atomic mass is 16.1. The van der Waals surface area contributed by atoms with Crippen LogP contribution in [-0.2, 0) is 4.79 Å². The molecule has 0 heterocycles. The Hall–Kier alpha value is -0.630. The highest BCUT2D eigenvalue weighted by molar-refractivity contribution is 5.48. The molecule has 0 aromatic carbocycles. The molecule has 0 aromatic heterocycles. The van der Waals surface area contributed by atoms with Gasteiger partial charge in [-0.05, 0) is 32.1 Å². The summed E-state index contributed by atoms with van der Waals surface area (Å²) in [5.74, 6) is 0. The van der Waals surface area contributed by atoms with Gasteiger partial charge in [-0.1, -0.05) is 70.4 Å². The number of allylic oxidation sites excluding steroid dienone is 2. The molecule has 0 bridgehead atoms. The number of hydrogen-bond acceptors (Lipinski definition) is 2. The van der Waals surface area contributed by atoms with Crippen LogP contribution in [0.15, 0.2) is 12.2 Å². The number of unbranched alkanes of at least 4 members (excludes halogenated alkanes) is 12. The van der Waals surface area contributed by atoms with Gasteiger partial charge in [0.25, 0.3) is 0 Å². The molecule has 0 aliphatic carbocycles. The fourth-order valence-electron chi connectivity index (χ4n) is 2.30. The fourth-order valence-corrected chi connectivity index (χ4v) is 2.30. The number of rotatable bonds is 15. The molecule has 0 rings (SSSR count). The smallest absolute Gasteiger partial charge is 0.119 e. The van der Waals surface area contributed by atoms with Crippen molar-refractivity contribution in [2.45, 2.75) is 96.8 Å². The first-order valence-electron chi connectivity index (χ1n) is 8.50. The predicted molar refractivity (Wildman–Crippen MR) is 90.5 cm³/mol. The quantitative estimate of drug-likeness (QED) is 0.215. The van der Waals surface area contributed by atoms with Crippen molar-refractivity contribution in [3.05, 3.63) is 12.2 Å². The lowest BCUT2D eigenvalue weighted by Crippen LogP contribution is -1.80. The Morgan fingerprint density at radius 1 is 0.600 bits per heavy atom. The van der Waals surface area contributed by atoms with E-state index in [0.717, 1.165) is 19.1 Å². The Morgan fingerprint density at radius 3 is 1.45 bits per heavy atom. The Kier molecular flexibility index (Phi) is 22.4. The molecule has 2 heteroatoms. The molecule has 3 N–H and O–H groups in total. The topological polar surface area (TPSA) is 52.1 Å². The molecule has 0 aliphatic heterocycles. The van der Waals surface area contributed by atoms with E-state index in [1.807, 2.05) is 0 Å². The van der Waals surface area contributed by atoms with Crippen LogP contribution in [0.1, 0.15) is 96.8 Å². The molecular formula is C18H37NO. The molecule has 0 aromatic rings. The van der Waals surface area contributed by atoms with E-state index in [-0.39, 0.29) is 6.15 Å². The molecule has 120 valence electrons. The first-order valence-corrected chi connectivity index (χ1v) is 8.50. The van der Waals surface area contributed by atoms with Gasteiger partial charge in [0.2, 0.25) is 0 Å². The zero-order valence-electron chi connectivity index (χ0n) is 13.7. The molecule has 2 nitrogen and oxygen atoms in total. The summed E-state index contributed by atoms with van der Waals surface area (Å²) in [5, 5.41) is 0.